The largest absolute Gasteiger partial charge is 0.483 e. The van der Waals surface area contributed by atoms with Gasteiger partial charge in [0.05, 0.1) is 0 Å². The van der Waals surface area contributed by atoms with Crippen molar-refractivity contribution in [2.24, 2.45) is 5.92 Å². The van der Waals surface area contributed by atoms with Crippen LogP contribution in [0.25, 0.3) is 11.5 Å². The first-order chi connectivity index (χ1) is 11.6. The van der Waals surface area contributed by atoms with Gasteiger partial charge in [0, 0.05) is 51.1 Å². The minimum absolute atomic E-state index is 0.229. The molecule has 0 spiro atoms. The highest BCUT2D eigenvalue weighted by atomic mass is 16.3. The number of nitrogens with zero attached hydrogens (tertiary/aromatic N) is 4. The molecule has 1 saturated heterocycles. The van der Waals surface area contributed by atoms with E-state index in [-0.39, 0.29) is 12.4 Å². The van der Waals surface area contributed by atoms with Crippen molar-refractivity contribution >= 4 is 12.4 Å². The fourth-order valence-corrected chi connectivity index (χ4v) is 2.81. The number of carbonyl (C=O) groups excluding carboxylic acids is 1. The van der Waals surface area contributed by atoms with E-state index < -0.39 is 0 Å². The van der Waals surface area contributed by atoms with Gasteiger partial charge in [-0.1, -0.05) is 13.0 Å². The fourth-order valence-electron chi connectivity index (χ4n) is 2.81. The number of aryl methyl sites for hydroxylation is 1. The standard InChI is InChI=1S/C16H20N4O.CH2O2/c1-3-12-4-5-14(18-9-12)16-17-6-7-20(16)11-13-8-15(21)19(2)10-13;2-1-3/h4-7,9,13H,3,8,10-11H2,1-2H3;1H,(H,2,3). The van der Waals surface area contributed by atoms with Crippen molar-refractivity contribution in [1.82, 2.24) is 19.4 Å². The quantitative estimate of drug-likeness (QED) is 0.862. The van der Waals surface area contributed by atoms with Crippen molar-refractivity contribution in [2.45, 2.75) is 26.3 Å². The Hall–Kier alpha value is -2.70. The molecule has 128 valence electrons. The molecule has 24 heavy (non-hydrogen) atoms. The first kappa shape index (κ1) is 17.7. The Morgan fingerprint density at radius 3 is 2.67 bits per heavy atom. The molecular formula is C17H22N4O3. The summed E-state index contributed by atoms with van der Waals surface area (Å²) in [6.45, 7) is 3.49. The Morgan fingerprint density at radius 2 is 2.12 bits per heavy atom. The van der Waals surface area contributed by atoms with Gasteiger partial charge in [-0.15, -0.1) is 0 Å². The lowest BCUT2D eigenvalue weighted by atomic mass is 10.1. The summed E-state index contributed by atoms with van der Waals surface area (Å²) in [6, 6.07) is 4.11. The minimum Gasteiger partial charge on any atom is -0.483 e. The molecule has 7 nitrogen and oxygen atoms in total. The highest BCUT2D eigenvalue weighted by Gasteiger charge is 2.27. The molecule has 1 N–H and O–H groups in total. The second-order valence-electron chi connectivity index (χ2n) is 5.76. The molecule has 1 aliphatic heterocycles. The maximum Gasteiger partial charge on any atom is 0.290 e. The van der Waals surface area contributed by atoms with Gasteiger partial charge in [0.1, 0.15) is 5.69 Å². The summed E-state index contributed by atoms with van der Waals surface area (Å²) in [5, 5.41) is 6.89. The highest BCUT2D eigenvalue weighted by molar-refractivity contribution is 5.78. The van der Waals surface area contributed by atoms with Crippen LogP contribution < -0.4 is 0 Å². The average Bonchev–Trinajstić information content (AvgIpc) is 3.15. The van der Waals surface area contributed by atoms with Crippen molar-refractivity contribution in [3.8, 4) is 11.5 Å². The number of carboxylic acid groups (broad SMARTS) is 1. The fraction of sp³-hybridized carbons (Fsp3) is 0.412. The van der Waals surface area contributed by atoms with Crippen molar-refractivity contribution in [3.63, 3.8) is 0 Å². The van der Waals surface area contributed by atoms with Gasteiger partial charge >= 0.3 is 0 Å². The van der Waals surface area contributed by atoms with Crippen LogP contribution in [0.5, 0.6) is 0 Å². The van der Waals surface area contributed by atoms with Crippen LogP contribution in [0.1, 0.15) is 18.9 Å². The molecule has 2 aromatic heterocycles. The van der Waals surface area contributed by atoms with Gasteiger partial charge in [0.25, 0.3) is 6.47 Å². The third-order valence-electron chi connectivity index (χ3n) is 4.05. The van der Waals surface area contributed by atoms with E-state index in [4.69, 9.17) is 9.90 Å². The third-order valence-corrected chi connectivity index (χ3v) is 4.05. The van der Waals surface area contributed by atoms with Crippen LogP contribution in [0.4, 0.5) is 0 Å². The van der Waals surface area contributed by atoms with E-state index >= 15 is 0 Å². The first-order valence-corrected chi connectivity index (χ1v) is 7.87. The second-order valence-corrected chi connectivity index (χ2v) is 5.76. The molecule has 0 aromatic carbocycles. The normalized spacial score (nSPS) is 16.7. The molecule has 1 unspecified atom stereocenters. The van der Waals surface area contributed by atoms with E-state index in [1.165, 1.54) is 5.56 Å². The van der Waals surface area contributed by atoms with Crippen LogP contribution >= 0.6 is 0 Å². The number of carbonyl (C=O) groups is 2. The van der Waals surface area contributed by atoms with Crippen molar-refractivity contribution < 1.29 is 14.7 Å². The van der Waals surface area contributed by atoms with Crippen molar-refractivity contribution in [3.05, 3.63) is 36.3 Å². The predicted octanol–water partition coefficient (Wildman–Crippen LogP) is 1.69. The Balaban J connectivity index is 0.000000647. The Kier molecular flexibility index (Phi) is 6.06. The molecule has 7 heteroatoms. The molecule has 2 aromatic rings. The van der Waals surface area contributed by atoms with E-state index in [9.17, 15) is 4.79 Å². The minimum atomic E-state index is -0.250. The van der Waals surface area contributed by atoms with E-state index in [1.54, 1.807) is 11.1 Å². The van der Waals surface area contributed by atoms with Gasteiger partial charge in [-0.25, -0.2) is 4.98 Å². The van der Waals surface area contributed by atoms with Crippen molar-refractivity contribution in [1.29, 1.82) is 0 Å². The summed E-state index contributed by atoms with van der Waals surface area (Å²) in [5.41, 5.74) is 2.11. The molecule has 0 aliphatic carbocycles. The lowest BCUT2D eigenvalue weighted by Gasteiger charge is -2.13. The van der Waals surface area contributed by atoms with Crippen LogP contribution in [-0.2, 0) is 22.6 Å². The topological polar surface area (TPSA) is 88.3 Å². The smallest absolute Gasteiger partial charge is 0.290 e. The van der Waals surface area contributed by atoms with Gasteiger partial charge in [0.2, 0.25) is 5.91 Å². The van der Waals surface area contributed by atoms with E-state index in [2.05, 4.69) is 27.5 Å². The predicted molar refractivity (Wildman–Crippen MR) is 89.3 cm³/mol. The number of likely N-dealkylation sites (tertiary alicyclic amines) is 1. The Morgan fingerprint density at radius 1 is 1.38 bits per heavy atom. The molecule has 1 atom stereocenters. The van der Waals surface area contributed by atoms with E-state index in [1.807, 2.05) is 25.5 Å². The average molecular weight is 330 g/mol. The Labute approximate surface area is 141 Å². The summed E-state index contributed by atoms with van der Waals surface area (Å²) in [6.07, 6.45) is 7.27. The number of hydrogen-bond donors (Lipinski definition) is 1. The summed E-state index contributed by atoms with van der Waals surface area (Å²) < 4.78 is 2.10. The van der Waals surface area contributed by atoms with Gasteiger partial charge in [0.15, 0.2) is 5.82 Å². The maximum atomic E-state index is 11.6. The zero-order valence-corrected chi connectivity index (χ0v) is 13.9. The lowest BCUT2D eigenvalue weighted by Crippen LogP contribution is -2.20. The number of imidazole rings is 1. The Bertz CT molecular complexity index is 681. The molecule has 0 bridgehead atoms. The SMILES string of the molecule is CCc1ccc(-c2nccn2CC2CC(=O)N(C)C2)nc1.O=CO. The first-order valence-electron chi connectivity index (χ1n) is 7.87. The molecule has 1 fully saturated rings. The van der Waals surface area contributed by atoms with Crippen molar-refractivity contribution in [2.75, 3.05) is 13.6 Å². The molecule has 0 saturated carbocycles. The highest BCUT2D eigenvalue weighted by Crippen LogP contribution is 2.22. The number of rotatable bonds is 4. The van der Waals surface area contributed by atoms with Gasteiger partial charge in [-0.2, -0.15) is 0 Å². The van der Waals surface area contributed by atoms with Crippen LogP contribution in [0.3, 0.4) is 0 Å². The molecular weight excluding hydrogens is 308 g/mol. The number of aromatic nitrogens is 3. The number of pyridine rings is 1. The van der Waals surface area contributed by atoms with Gasteiger partial charge in [-0.3, -0.25) is 14.6 Å². The van der Waals surface area contributed by atoms with Gasteiger partial charge in [-0.05, 0) is 18.1 Å². The maximum absolute atomic E-state index is 11.6. The molecule has 0 radical (unpaired) electrons. The van der Waals surface area contributed by atoms with Gasteiger partial charge < -0.3 is 14.6 Å². The molecule has 1 amide bonds. The molecule has 3 heterocycles. The zero-order valence-electron chi connectivity index (χ0n) is 13.9. The van der Waals surface area contributed by atoms with E-state index in [0.29, 0.717) is 12.3 Å². The lowest BCUT2D eigenvalue weighted by molar-refractivity contribution is -0.126. The monoisotopic (exact) mass is 330 g/mol. The second kappa shape index (κ2) is 8.24. The number of amides is 1. The van der Waals surface area contributed by atoms with Crippen LogP contribution in [0.15, 0.2) is 30.7 Å². The van der Waals surface area contributed by atoms with Crippen LogP contribution in [-0.4, -0.2) is 50.5 Å². The summed E-state index contributed by atoms with van der Waals surface area (Å²) in [7, 11) is 1.86. The van der Waals surface area contributed by atoms with Crippen LogP contribution in [0, 0.1) is 5.92 Å². The third kappa shape index (κ3) is 4.18. The molecule has 3 rings (SSSR count). The van der Waals surface area contributed by atoms with Crippen LogP contribution in [0.2, 0.25) is 0 Å². The zero-order chi connectivity index (χ0) is 17.5. The summed E-state index contributed by atoms with van der Waals surface area (Å²) >= 11 is 0. The summed E-state index contributed by atoms with van der Waals surface area (Å²) in [4.78, 5) is 30.7. The van der Waals surface area contributed by atoms with E-state index in [0.717, 1.165) is 31.0 Å². The number of hydrogen-bond acceptors (Lipinski definition) is 4. The summed E-state index contributed by atoms with van der Waals surface area (Å²) in [5.74, 6) is 1.46. The molecule has 1 aliphatic rings.